The van der Waals surface area contributed by atoms with Gasteiger partial charge in [0, 0.05) is 17.3 Å². The third-order valence-electron chi connectivity index (χ3n) is 5.74. The highest BCUT2D eigenvalue weighted by Crippen LogP contribution is 2.23. The van der Waals surface area contributed by atoms with Crippen LogP contribution in [-0.2, 0) is 4.79 Å². The molecule has 0 saturated carbocycles. The Bertz CT molecular complexity index is 1250. The molecular formula is C29H30N4O2. The highest BCUT2D eigenvalue weighted by molar-refractivity contribution is 5.89. The lowest BCUT2D eigenvalue weighted by Gasteiger charge is -2.11. The van der Waals surface area contributed by atoms with Crippen LogP contribution in [0.2, 0.25) is 0 Å². The van der Waals surface area contributed by atoms with Crippen molar-refractivity contribution in [3.63, 3.8) is 0 Å². The lowest BCUT2D eigenvalue weighted by atomic mass is 9.97. The molecule has 1 aromatic heterocycles. The van der Waals surface area contributed by atoms with Crippen molar-refractivity contribution in [2.45, 2.75) is 32.6 Å². The zero-order valence-corrected chi connectivity index (χ0v) is 20.1. The van der Waals surface area contributed by atoms with Gasteiger partial charge in [-0.15, -0.1) is 0 Å². The zero-order valence-electron chi connectivity index (χ0n) is 20.1. The second-order valence-corrected chi connectivity index (χ2v) is 8.42. The molecule has 3 aromatic carbocycles. The Balaban J connectivity index is 1.39. The molecule has 4 aromatic rings. The summed E-state index contributed by atoms with van der Waals surface area (Å²) >= 11 is 0. The highest BCUT2D eigenvalue weighted by atomic mass is 16.5. The lowest BCUT2D eigenvalue weighted by molar-refractivity contribution is -0.123. The number of ether oxygens (including phenoxy) is 1. The summed E-state index contributed by atoms with van der Waals surface area (Å²) < 4.78 is 7.42. The number of rotatable bonds is 10. The fourth-order valence-electron chi connectivity index (χ4n) is 3.86. The number of aromatic nitrogens is 2. The number of nitrogens with one attached hydrogen (secondary N) is 1. The fourth-order valence-corrected chi connectivity index (χ4v) is 3.86. The van der Waals surface area contributed by atoms with Crippen LogP contribution in [0.5, 0.6) is 5.75 Å². The van der Waals surface area contributed by atoms with Crippen LogP contribution in [0.25, 0.3) is 16.9 Å². The van der Waals surface area contributed by atoms with Crippen molar-refractivity contribution in [2.75, 3.05) is 6.61 Å². The number of amides is 1. The van der Waals surface area contributed by atoms with Crippen molar-refractivity contribution >= 4 is 12.1 Å². The summed E-state index contributed by atoms with van der Waals surface area (Å²) in [6, 6.07) is 27.7. The topological polar surface area (TPSA) is 68.5 Å². The largest absolute Gasteiger partial charge is 0.484 e. The van der Waals surface area contributed by atoms with Crippen LogP contribution in [0.15, 0.2) is 96.2 Å². The average Bonchev–Trinajstić information content (AvgIpc) is 3.33. The molecule has 0 aliphatic rings. The van der Waals surface area contributed by atoms with Crippen molar-refractivity contribution in [1.29, 1.82) is 0 Å². The van der Waals surface area contributed by atoms with Gasteiger partial charge in [-0.25, -0.2) is 10.1 Å². The molecule has 0 saturated heterocycles. The monoisotopic (exact) mass is 466 g/mol. The first-order valence-corrected chi connectivity index (χ1v) is 11.9. The van der Waals surface area contributed by atoms with E-state index in [9.17, 15) is 4.79 Å². The molecule has 1 heterocycles. The molecular weight excluding hydrogens is 436 g/mol. The number of hydrazone groups is 1. The first kappa shape index (κ1) is 24.0. The minimum absolute atomic E-state index is 0.115. The summed E-state index contributed by atoms with van der Waals surface area (Å²) in [6.07, 6.45) is 5.80. The van der Waals surface area contributed by atoms with Crippen LogP contribution in [-0.4, -0.2) is 28.5 Å². The van der Waals surface area contributed by atoms with Gasteiger partial charge in [0.25, 0.3) is 5.91 Å². The molecule has 1 unspecified atom stereocenters. The minimum Gasteiger partial charge on any atom is -0.484 e. The zero-order chi connectivity index (χ0) is 24.5. The van der Waals surface area contributed by atoms with E-state index in [-0.39, 0.29) is 12.5 Å². The summed E-state index contributed by atoms with van der Waals surface area (Å²) in [5.41, 5.74) is 7.30. The first-order valence-electron chi connectivity index (χ1n) is 11.9. The van der Waals surface area contributed by atoms with Gasteiger partial charge in [-0.2, -0.15) is 10.2 Å². The summed E-state index contributed by atoms with van der Waals surface area (Å²) in [6.45, 7) is 4.29. The summed E-state index contributed by atoms with van der Waals surface area (Å²) in [5.74, 6) is 0.840. The van der Waals surface area contributed by atoms with E-state index in [4.69, 9.17) is 9.84 Å². The highest BCUT2D eigenvalue weighted by Gasteiger charge is 2.11. The number of hydrogen-bond donors (Lipinski definition) is 1. The maximum atomic E-state index is 12.3. The van der Waals surface area contributed by atoms with E-state index in [1.165, 1.54) is 5.56 Å². The van der Waals surface area contributed by atoms with Crippen LogP contribution in [0.1, 0.15) is 43.7 Å². The maximum absolute atomic E-state index is 12.3. The molecule has 6 heteroatoms. The Hall–Kier alpha value is -4.19. The molecule has 1 atom stereocenters. The maximum Gasteiger partial charge on any atom is 0.277 e. The van der Waals surface area contributed by atoms with E-state index in [0.29, 0.717) is 11.7 Å². The van der Waals surface area contributed by atoms with Gasteiger partial charge in [0.05, 0.1) is 11.9 Å². The van der Waals surface area contributed by atoms with E-state index in [2.05, 4.69) is 36.5 Å². The van der Waals surface area contributed by atoms with Crippen LogP contribution < -0.4 is 10.2 Å². The molecule has 1 N–H and O–H groups in total. The SMILES string of the molecule is CCCC(C)c1ccc(OCC(=O)N/N=C\c2cn(-c3ccccc3)nc2-c2ccccc2)cc1. The van der Waals surface area contributed by atoms with Gasteiger partial charge >= 0.3 is 0 Å². The average molecular weight is 467 g/mol. The molecule has 0 spiro atoms. The summed E-state index contributed by atoms with van der Waals surface area (Å²) in [7, 11) is 0. The minimum atomic E-state index is -0.332. The normalized spacial score (nSPS) is 11.9. The van der Waals surface area contributed by atoms with E-state index in [0.717, 1.165) is 35.3 Å². The Morgan fingerprint density at radius 1 is 1.03 bits per heavy atom. The molecule has 178 valence electrons. The molecule has 1 amide bonds. The number of carbonyl (C=O) groups is 1. The molecule has 0 radical (unpaired) electrons. The van der Waals surface area contributed by atoms with Gasteiger partial charge in [0.1, 0.15) is 11.4 Å². The molecule has 6 nitrogen and oxygen atoms in total. The van der Waals surface area contributed by atoms with Crippen molar-refractivity contribution in [3.05, 3.63) is 102 Å². The van der Waals surface area contributed by atoms with Gasteiger partial charge < -0.3 is 4.74 Å². The Morgan fingerprint density at radius 2 is 1.71 bits per heavy atom. The summed E-state index contributed by atoms with van der Waals surface area (Å²) in [5, 5.41) is 8.89. The molecule has 0 bridgehead atoms. The summed E-state index contributed by atoms with van der Waals surface area (Å²) in [4.78, 5) is 12.3. The van der Waals surface area contributed by atoms with Crippen molar-refractivity contribution in [3.8, 4) is 22.7 Å². The second-order valence-electron chi connectivity index (χ2n) is 8.42. The smallest absolute Gasteiger partial charge is 0.277 e. The standard InChI is InChI=1S/C29H30N4O2/c1-3-10-22(2)23-15-17-27(18-16-23)35-21-28(34)31-30-19-25-20-33(26-13-8-5-9-14-26)32-29(25)24-11-6-4-7-12-24/h4-9,11-20,22H,3,10,21H2,1-2H3,(H,31,34)/b30-19-. The molecule has 0 fully saturated rings. The van der Waals surface area contributed by atoms with Gasteiger partial charge in [-0.3, -0.25) is 4.79 Å². The quantitative estimate of drug-likeness (QED) is 0.231. The molecule has 4 rings (SSSR count). The third-order valence-corrected chi connectivity index (χ3v) is 5.74. The molecule has 0 aliphatic carbocycles. The number of carbonyl (C=O) groups excluding carboxylic acids is 1. The lowest BCUT2D eigenvalue weighted by Crippen LogP contribution is -2.24. The van der Waals surface area contributed by atoms with E-state index < -0.39 is 0 Å². The van der Waals surface area contributed by atoms with Crippen molar-refractivity contribution in [2.24, 2.45) is 5.10 Å². The predicted octanol–water partition coefficient (Wildman–Crippen LogP) is 5.97. The van der Waals surface area contributed by atoms with Crippen molar-refractivity contribution in [1.82, 2.24) is 15.2 Å². The Labute approximate surface area is 206 Å². The number of nitrogens with zero attached hydrogens (tertiary/aromatic N) is 3. The van der Waals surface area contributed by atoms with Gasteiger partial charge in [-0.1, -0.05) is 80.9 Å². The van der Waals surface area contributed by atoms with E-state index >= 15 is 0 Å². The van der Waals surface area contributed by atoms with E-state index in [1.54, 1.807) is 10.9 Å². The van der Waals surface area contributed by atoms with Crippen LogP contribution in [0, 0.1) is 0 Å². The van der Waals surface area contributed by atoms with Gasteiger partial charge in [0.2, 0.25) is 0 Å². The first-order chi connectivity index (χ1) is 17.1. The Morgan fingerprint density at radius 3 is 2.40 bits per heavy atom. The van der Waals surface area contributed by atoms with Crippen molar-refractivity contribution < 1.29 is 9.53 Å². The van der Waals surface area contributed by atoms with Crippen LogP contribution >= 0.6 is 0 Å². The van der Waals surface area contributed by atoms with E-state index in [1.807, 2.05) is 79.0 Å². The number of para-hydroxylation sites is 1. The van der Waals surface area contributed by atoms with Gasteiger partial charge in [-0.05, 0) is 42.2 Å². The Kier molecular flexibility index (Phi) is 8.07. The number of benzene rings is 3. The van der Waals surface area contributed by atoms with Gasteiger partial charge in [0.15, 0.2) is 6.61 Å². The molecule has 35 heavy (non-hydrogen) atoms. The predicted molar refractivity (Wildman–Crippen MR) is 140 cm³/mol. The second kappa shape index (κ2) is 11.8. The molecule has 0 aliphatic heterocycles. The van der Waals surface area contributed by atoms with Crippen LogP contribution in [0.3, 0.4) is 0 Å². The fraction of sp³-hybridized carbons (Fsp3) is 0.207. The number of hydrogen-bond acceptors (Lipinski definition) is 4. The van der Waals surface area contributed by atoms with Crippen LogP contribution in [0.4, 0.5) is 0 Å². The third kappa shape index (κ3) is 6.44.